The van der Waals surface area contributed by atoms with E-state index in [1.165, 1.54) is 12.1 Å². The number of thiophene rings is 1. The third-order valence-electron chi connectivity index (χ3n) is 2.98. The Morgan fingerprint density at radius 1 is 1.20 bits per heavy atom. The minimum Gasteiger partial charge on any atom is -0.306 e. The predicted molar refractivity (Wildman–Crippen MR) is 86.3 cm³/mol. The van der Waals surface area contributed by atoms with E-state index in [4.69, 9.17) is 0 Å². The van der Waals surface area contributed by atoms with Crippen molar-refractivity contribution in [2.75, 3.05) is 6.54 Å². The van der Waals surface area contributed by atoms with E-state index in [0.29, 0.717) is 11.0 Å². The van der Waals surface area contributed by atoms with Crippen LogP contribution in [0.15, 0.2) is 26.5 Å². The average Bonchev–Trinajstić information content (AvgIpc) is 2.66. The molecule has 1 nitrogen and oxygen atoms in total. The SMILES string of the molecule is CCNC(c1cc(Br)sc1C)c1c(F)cc(Br)cc1F. The van der Waals surface area contributed by atoms with E-state index < -0.39 is 17.7 Å². The third-order valence-corrected chi connectivity index (χ3v) is 5.00. The van der Waals surface area contributed by atoms with Crippen LogP contribution in [0.1, 0.15) is 29.0 Å². The van der Waals surface area contributed by atoms with Crippen molar-refractivity contribution >= 4 is 43.2 Å². The molecule has 0 amide bonds. The fourth-order valence-electron chi connectivity index (χ4n) is 2.15. The Morgan fingerprint density at radius 3 is 2.25 bits per heavy atom. The molecule has 20 heavy (non-hydrogen) atoms. The van der Waals surface area contributed by atoms with Crippen molar-refractivity contribution in [3.05, 3.63) is 54.1 Å². The second-order valence-corrected chi connectivity index (χ2v) is 7.89. The number of nitrogens with one attached hydrogen (secondary N) is 1. The lowest BCUT2D eigenvalue weighted by Crippen LogP contribution is -2.24. The molecule has 6 heteroatoms. The lowest BCUT2D eigenvalue weighted by molar-refractivity contribution is 0.509. The van der Waals surface area contributed by atoms with Gasteiger partial charge < -0.3 is 5.32 Å². The molecule has 1 atom stereocenters. The van der Waals surface area contributed by atoms with Crippen LogP contribution in [0.3, 0.4) is 0 Å². The number of benzene rings is 1. The van der Waals surface area contributed by atoms with Gasteiger partial charge in [0.05, 0.1) is 9.83 Å². The molecular formula is C14H13Br2F2NS. The van der Waals surface area contributed by atoms with Crippen molar-refractivity contribution in [3.8, 4) is 0 Å². The van der Waals surface area contributed by atoms with E-state index in [9.17, 15) is 8.78 Å². The fraction of sp³-hybridized carbons (Fsp3) is 0.286. The summed E-state index contributed by atoms with van der Waals surface area (Å²) in [6.45, 7) is 4.48. The Morgan fingerprint density at radius 2 is 1.80 bits per heavy atom. The first kappa shape index (κ1) is 16.1. The molecule has 1 N–H and O–H groups in total. The number of hydrogen-bond donors (Lipinski definition) is 1. The van der Waals surface area contributed by atoms with Gasteiger partial charge in [-0.1, -0.05) is 22.9 Å². The molecule has 1 unspecified atom stereocenters. The number of halogens is 4. The summed E-state index contributed by atoms with van der Waals surface area (Å²) in [5, 5.41) is 3.16. The summed E-state index contributed by atoms with van der Waals surface area (Å²) in [4.78, 5) is 1.03. The van der Waals surface area contributed by atoms with Crippen LogP contribution >= 0.6 is 43.2 Å². The monoisotopic (exact) mass is 423 g/mol. The van der Waals surface area contributed by atoms with Gasteiger partial charge >= 0.3 is 0 Å². The molecule has 2 aromatic rings. The summed E-state index contributed by atoms with van der Waals surface area (Å²) in [6.07, 6.45) is 0. The predicted octanol–water partition coefficient (Wildman–Crippen LogP) is 5.56. The topological polar surface area (TPSA) is 12.0 Å². The van der Waals surface area contributed by atoms with Crippen molar-refractivity contribution in [1.82, 2.24) is 5.32 Å². The van der Waals surface area contributed by atoms with Crippen molar-refractivity contribution in [2.45, 2.75) is 19.9 Å². The molecule has 1 aromatic carbocycles. The first-order valence-electron chi connectivity index (χ1n) is 6.07. The highest BCUT2D eigenvalue weighted by Crippen LogP contribution is 2.36. The van der Waals surface area contributed by atoms with Crippen molar-refractivity contribution in [2.24, 2.45) is 0 Å². The minimum atomic E-state index is -0.551. The zero-order chi connectivity index (χ0) is 14.9. The molecule has 108 valence electrons. The van der Waals surface area contributed by atoms with Gasteiger partial charge in [0.1, 0.15) is 11.6 Å². The molecule has 0 saturated carbocycles. The number of hydrogen-bond acceptors (Lipinski definition) is 2. The quantitative estimate of drug-likeness (QED) is 0.677. The molecule has 0 aliphatic carbocycles. The van der Waals surface area contributed by atoms with Gasteiger partial charge in [0.2, 0.25) is 0 Å². The molecular weight excluding hydrogens is 412 g/mol. The summed E-state index contributed by atoms with van der Waals surface area (Å²) in [6, 6.07) is 4.00. The maximum Gasteiger partial charge on any atom is 0.132 e. The van der Waals surface area contributed by atoms with Crippen molar-refractivity contribution < 1.29 is 8.78 Å². The summed E-state index contributed by atoms with van der Waals surface area (Å²) in [5.41, 5.74) is 0.951. The van der Waals surface area contributed by atoms with E-state index in [0.717, 1.165) is 14.2 Å². The number of rotatable bonds is 4. The summed E-state index contributed by atoms with van der Waals surface area (Å²) >= 11 is 8.08. The van der Waals surface area contributed by atoms with Crippen LogP contribution in [0.4, 0.5) is 8.78 Å². The molecule has 0 bridgehead atoms. The maximum absolute atomic E-state index is 14.2. The fourth-order valence-corrected chi connectivity index (χ4v) is 4.30. The zero-order valence-corrected chi connectivity index (χ0v) is 14.9. The van der Waals surface area contributed by atoms with E-state index in [-0.39, 0.29) is 5.56 Å². The van der Waals surface area contributed by atoms with Gasteiger partial charge in [-0.05, 0) is 53.2 Å². The Labute approximate surface area is 137 Å². The molecule has 0 saturated heterocycles. The maximum atomic E-state index is 14.2. The Balaban J connectivity index is 2.57. The highest BCUT2D eigenvalue weighted by molar-refractivity contribution is 9.11. The Bertz CT molecular complexity index is 605. The first-order chi connectivity index (χ1) is 9.43. The molecule has 0 spiro atoms. The van der Waals surface area contributed by atoms with E-state index >= 15 is 0 Å². The second kappa shape index (κ2) is 6.64. The number of aryl methyl sites for hydroxylation is 1. The van der Waals surface area contributed by atoms with Gasteiger partial charge in [0, 0.05) is 14.9 Å². The molecule has 0 aliphatic rings. The van der Waals surface area contributed by atoms with Crippen LogP contribution in [-0.2, 0) is 0 Å². The van der Waals surface area contributed by atoms with Crippen LogP contribution in [0.2, 0.25) is 0 Å². The van der Waals surface area contributed by atoms with Gasteiger partial charge in [0.15, 0.2) is 0 Å². The minimum absolute atomic E-state index is 0.0588. The van der Waals surface area contributed by atoms with Crippen molar-refractivity contribution in [3.63, 3.8) is 0 Å². The highest BCUT2D eigenvalue weighted by Gasteiger charge is 2.24. The second-order valence-electron chi connectivity index (χ2n) is 4.34. The standard InChI is InChI=1S/C14H13Br2F2NS/c1-3-19-14(9-6-12(16)20-7(9)2)13-10(17)4-8(15)5-11(13)18/h4-6,14,19H,3H2,1-2H3. The smallest absolute Gasteiger partial charge is 0.132 e. The summed E-state index contributed by atoms with van der Waals surface area (Å²) in [7, 11) is 0. The highest BCUT2D eigenvalue weighted by atomic mass is 79.9. The normalized spacial score (nSPS) is 12.7. The van der Waals surface area contributed by atoms with Crippen LogP contribution in [0, 0.1) is 18.6 Å². The third kappa shape index (κ3) is 3.30. The Hall–Kier alpha value is -0.300. The summed E-state index contributed by atoms with van der Waals surface area (Å²) in [5.74, 6) is -1.10. The molecule has 1 heterocycles. The zero-order valence-electron chi connectivity index (χ0n) is 10.9. The van der Waals surface area contributed by atoms with Gasteiger partial charge in [-0.25, -0.2) is 8.78 Å². The van der Waals surface area contributed by atoms with E-state index in [2.05, 4.69) is 37.2 Å². The van der Waals surface area contributed by atoms with Crippen LogP contribution < -0.4 is 5.32 Å². The first-order valence-corrected chi connectivity index (χ1v) is 8.48. The van der Waals surface area contributed by atoms with Gasteiger partial charge in [0.25, 0.3) is 0 Å². The lowest BCUT2D eigenvalue weighted by Gasteiger charge is -2.20. The van der Waals surface area contributed by atoms with Crippen molar-refractivity contribution in [1.29, 1.82) is 0 Å². The van der Waals surface area contributed by atoms with Crippen LogP contribution in [0.5, 0.6) is 0 Å². The van der Waals surface area contributed by atoms with E-state index in [1.54, 1.807) is 11.3 Å². The Kier molecular flexibility index (Phi) is 5.34. The molecule has 0 radical (unpaired) electrons. The van der Waals surface area contributed by atoms with Gasteiger partial charge in [-0.3, -0.25) is 0 Å². The van der Waals surface area contributed by atoms with Gasteiger partial charge in [-0.2, -0.15) is 0 Å². The van der Waals surface area contributed by atoms with Crippen LogP contribution in [0.25, 0.3) is 0 Å². The molecule has 1 aromatic heterocycles. The largest absolute Gasteiger partial charge is 0.306 e. The summed E-state index contributed by atoms with van der Waals surface area (Å²) < 4.78 is 29.7. The molecule has 0 fully saturated rings. The van der Waals surface area contributed by atoms with Gasteiger partial charge in [-0.15, -0.1) is 11.3 Å². The van der Waals surface area contributed by atoms with E-state index in [1.807, 2.05) is 19.9 Å². The average molecular weight is 425 g/mol. The molecule has 2 rings (SSSR count). The lowest BCUT2D eigenvalue weighted by atomic mass is 9.98. The molecule has 0 aliphatic heterocycles. The van der Waals surface area contributed by atoms with Crippen LogP contribution in [-0.4, -0.2) is 6.54 Å².